The van der Waals surface area contributed by atoms with E-state index in [1.165, 1.54) is 5.69 Å². The van der Waals surface area contributed by atoms with Crippen molar-refractivity contribution in [2.45, 2.75) is 19.1 Å². The van der Waals surface area contributed by atoms with E-state index in [2.05, 4.69) is 32.3 Å². The van der Waals surface area contributed by atoms with Crippen LogP contribution in [0.5, 0.6) is 5.75 Å². The van der Waals surface area contributed by atoms with Gasteiger partial charge in [-0.15, -0.1) is 0 Å². The molecule has 0 bridgehead atoms. The fourth-order valence-electron chi connectivity index (χ4n) is 3.32. The number of rotatable bonds is 7. The van der Waals surface area contributed by atoms with Crippen LogP contribution in [-0.2, 0) is 24.8 Å². The van der Waals surface area contributed by atoms with Gasteiger partial charge in [-0.05, 0) is 24.3 Å². The van der Waals surface area contributed by atoms with Crippen LogP contribution in [0.15, 0.2) is 42.6 Å². The lowest BCUT2D eigenvalue weighted by atomic mass is 10.2. The van der Waals surface area contributed by atoms with Gasteiger partial charge in [-0.25, -0.2) is 0 Å². The molecule has 0 unspecified atom stereocenters. The van der Waals surface area contributed by atoms with Crippen LogP contribution in [0.1, 0.15) is 23.2 Å². The summed E-state index contributed by atoms with van der Waals surface area (Å²) in [5.74, 6) is 0.699. The van der Waals surface area contributed by atoms with E-state index in [9.17, 15) is 0 Å². The van der Waals surface area contributed by atoms with Crippen LogP contribution < -0.4 is 4.74 Å². The lowest BCUT2D eigenvalue weighted by molar-refractivity contribution is -0.0356. The zero-order chi connectivity index (χ0) is 19.3. The molecule has 1 N–H and O–H groups in total. The molecule has 0 radical (unpaired) electrons. The average molecular weight is 402 g/mol. The maximum absolute atomic E-state index is 6.11. The highest BCUT2D eigenvalue weighted by Crippen LogP contribution is 2.24. The number of hydrogen-bond donors (Lipinski definition) is 1. The molecule has 0 amide bonds. The lowest BCUT2D eigenvalue weighted by Crippen LogP contribution is -2.38. The molecule has 8 heteroatoms. The summed E-state index contributed by atoms with van der Waals surface area (Å²) in [5, 5.41) is 12.4. The van der Waals surface area contributed by atoms with Crippen molar-refractivity contribution in [3.05, 3.63) is 64.7 Å². The third-order valence-corrected chi connectivity index (χ3v) is 5.22. The van der Waals surface area contributed by atoms with Crippen LogP contribution >= 0.6 is 11.6 Å². The number of aryl methyl sites for hydroxylation is 1. The number of morpholine rings is 1. The highest BCUT2D eigenvalue weighted by Gasteiger charge is 2.24. The van der Waals surface area contributed by atoms with Crippen molar-refractivity contribution in [3.8, 4) is 5.75 Å². The number of halogens is 1. The van der Waals surface area contributed by atoms with E-state index in [4.69, 9.17) is 21.1 Å². The Morgan fingerprint density at radius 2 is 2.21 bits per heavy atom. The monoisotopic (exact) mass is 401 g/mol. The van der Waals surface area contributed by atoms with Gasteiger partial charge in [0, 0.05) is 45.0 Å². The number of nitrogens with zero attached hydrogens (tertiary/aromatic N) is 4. The molecule has 3 heterocycles. The van der Waals surface area contributed by atoms with Crippen molar-refractivity contribution in [2.24, 2.45) is 7.05 Å². The standard InChI is InChI=1S/C20H24ClN5O2/c1-25-16(6-8-22-25)13-26-9-11-28-20(14-26)18-12-15(23-24-18)7-10-27-19-5-3-2-4-17(19)21/h2-6,8,12,20H,7,9-11,13-14H2,1H3,(H,23,24)/t20-/m0/s1. The number of aromatic nitrogens is 4. The van der Waals surface area contributed by atoms with E-state index in [0.717, 1.165) is 37.4 Å². The first-order chi connectivity index (χ1) is 13.7. The Hall–Kier alpha value is -2.35. The summed E-state index contributed by atoms with van der Waals surface area (Å²) >= 11 is 6.11. The third kappa shape index (κ3) is 4.55. The van der Waals surface area contributed by atoms with Crippen molar-refractivity contribution in [3.63, 3.8) is 0 Å². The van der Waals surface area contributed by atoms with E-state index in [-0.39, 0.29) is 6.10 Å². The number of ether oxygens (including phenoxy) is 2. The van der Waals surface area contributed by atoms with Crippen LogP contribution in [0.25, 0.3) is 0 Å². The smallest absolute Gasteiger partial charge is 0.137 e. The molecular formula is C20H24ClN5O2. The SMILES string of the molecule is Cn1nccc1CN1CCO[C@H](c2cc(CCOc3ccccc3Cl)[nH]n2)C1. The molecule has 0 spiro atoms. The number of para-hydroxylation sites is 1. The van der Waals surface area contributed by atoms with Gasteiger partial charge < -0.3 is 9.47 Å². The first-order valence-electron chi connectivity index (χ1n) is 9.41. The zero-order valence-corrected chi connectivity index (χ0v) is 16.6. The molecule has 148 valence electrons. The Kier molecular flexibility index (Phi) is 5.95. The van der Waals surface area contributed by atoms with Gasteiger partial charge in [-0.1, -0.05) is 23.7 Å². The maximum Gasteiger partial charge on any atom is 0.137 e. The van der Waals surface area contributed by atoms with E-state index in [0.29, 0.717) is 24.0 Å². The van der Waals surface area contributed by atoms with E-state index < -0.39 is 0 Å². The summed E-state index contributed by atoms with van der Waals surface area (Å²) in [6.45, 7) is 3.80. The van der Waals surface area contributed by atoms with E-state index in [1.54, 1.807) is 0 Å². The van der Waals surface area contributed by atoms with Crippen LogP contribution in [0, 0.1) is 0 Å². The first kappa shape index (κ1) is 19.0. The lowest BCUT2D eigenvalue weighted by Gasteiger charge is -2.31. The quantitative estimate of drug-likeness (QED) is 0.659. The second-order valence-corrected chi connectivity index (χ2v) is 7.29. The summed E-state index contributed by atoms with van der Waals surface area (Å²) in [6.07, 6.45) is 2.53. The largest absolute Gasteiger partial charge is 0.492 e. The van der Waals surface area contributed by atoms with Crippen molar-refractivity contribution in [1.29, 1.82) is 0 Å². The molecular weight excluding hydrogens is 378 g/mol. The Morgan fingerprint density at radius 3 is 3.04 bits per heavy atom. The molecule has 1 saturated heterocycles. The Balaban J connectivity index is 1.30. The Morgan fingerprint density at radius 1 is 1.32 bits per heavy atom. The summed E-state index contributed by atoms with van der Waals surface area (Å²) in [5.41, 5.74) is 3.15. The second-order valence-electron chi connectivity index (χ2n) is 6.89. The number of aromatic amines is 1. The minimum absolute atomic E-state index is 0.0311. The van der Waals surface area contributed by atoms with Crippen LogP contribution in [0.4, 0.5) is 0 Å². The molecule has 1 fully saturated rings. The van der Waals surface area contributed by atoms with Gasteiger partial charge >= 0.3 is 0 Å². The fourth-order valence-corrected chi connectivity index (χ4v) is 3.51. The number of H-pyrrole nitrogens is 1. The van der Waals surface area contributed by atoms with E-state index >= 15 is 0 Å². The normalized spacial score (nSPS) is 17.7. The minimum atomic E-state index is -0.0311. The highest BCUT2D eigenvalue weighted by atomic mass is 35.5. The third-order valence-electron chi connectivity index (χ3n) is 4.90. The summed E-state index contributed by atoms with van der Waals surface area (Å²) in [7, 11) is 1.97. The molecule has 1 aromatic carbocycles. The van der Waals surface area contributed by atoms with Crippen LogP contribution in [-0.4, -0.2) is 51.2 Å². The van der Waals surface area contributed by atoms with Crippen LogP contribution in [0.2, 0.25) is 5.02 Å². The Labute approximate surface area is 169 Å². The van der Waals surface area contributed by atoms with Gasteiger partial charge in [0.05, 0.1) is 29.6 Å². The van der Waals surface area contributed by atoms with Crippen LogP contribution in [0.3, 0.4) is 0 Å². The van der Waals surface area contributed by atoms with Gasteiger partial charge in [0.1, 0.15) is 11.9 Å². The second kappa shape index (κ2) is 8.77. The van der Waals surface area contributed by atoms with Crippen molar-refractivity contribution >= 4 is 11.6 Å². The predicted octanol–water partition coefficient (Wildman–Crippen LogP) is 2.99. The summed E-state index contributed by atoms with van der Waals surface area (Å²) in [6, 6.07) is 11.6. The van der Waals surface area contributed by atoms with Gasteiger partial charge in [0.2, 0.25) is 0 Å². The molecule has 2 aromatic heterocycles. The topological polar surface area (TPSA) is 68.2 Å². The molecule has 0 aliphatic carbocycles. The van der Waals surface area contributed by atoms with Crippen molar-refractivity contribution in [2.75, 3.05) is 26.3 Å². The molecule has 28 heavy (non-hydrogen) atoms. The van der Waals surface area contributed by atoms with Crippen molar-refractivity contribution in [1.82, 2.24) is 24.9 Å². The molecule has 4 rings (SSSR count). The van der Waals surface area contributed by atoms with Crippen molar-refractivity contribution < 1.29 is 9.47 Å². The molecule has 1 aliphatic heterocycles. The molecule has 1 aliphatic rings. The number of hydrogen-bond acceptors (Lipinski definition) is 5. The van der Waals surface area contributed by atoms with Gasteiger partial charge in [-0.3, -0.25) is 14.7 Å². The zero-order valence-electron chi connectivity index (χ0n) is 15.8. The summed E-state index contributed by atoms with van der Waals surface area (Å²) < 4.78 is 13.6. The summed E-state index contributed by atoms with van der Waals surface area (Å²) in [4.78, 5) is 2.38. The minimum Gasteiger partial charge on any atom is -0.492 e. The highest BCUT2D eigenvalue weighted by molar-refractivity contribution is 6.32. The Bertz CT molecular complexity index is 909. The average Bonchev–Trinajstić information content (AvgIpc) is 3.33. The van der Waals surface area contributed by atoms with Gasteiger partial charge in [0.15, 0.2) is 0 Å². The van der Waals surface area contributed by atoms with Gasteiger partial charge in [0.25, 0.3) is 0 Å². The predicted molar refractivity (Wildman–Crippen MR) is 106 cm³/mol. The molecule has 3 aromatic rings. The number of nitrogens with one attached hydrogen (secondary N) is 1. The molecule has 0 saturated carbocycles. The van der Waals surface area contributed by atoms with E-state index in [1.807, 2.05) is 42.2 Å². The number of benzene rings is 1. The fraction of sp³-hybridized carbons (Fsp3) is 0.400. The first-order valence-corrected chi connectivity index (χ1v) is 9.79. The van der Waals surface area contributed by atoms with Gasteiger partial charge in [-0.2, -0.15) is 10.2 Å². The molecule has 1 atom stereocenters. The maximum atomic E-state index is 6.11. The molecule has 7 nitrogen and oxygen atoms in total.